The van der Waals surface area contributed by atoms with Crippen molar-refractivity contribution in [1.82, 2.24) is 0 Å². The third-order valence-electron chi connectivity index (χ3n) is 5.45. The Kier molecular flexibility index (Phi) is 58.5. The lowest BCUT2D eigenvalue weighted by Crippen LogP contribution is -1.85. The van der Waals surface area contributed by atoms with Gasteiger partial charge in [-0.05, 0) is 38.5 Å². The van der Waals surface area contributed by atoms with Gasteiger partial charge < -0.3 is 45.3 Å². The summed E-state index contributed by atoms with van der Waals surface area (Å²) in [6.45, 7) is 1.98. The number of hydrogen-bond acceptors (Lipinski definition) is 9. The smallest absolute Gasteiger partial charge is 0.324 e. The van der Waals surface area contributed by atoms with E-state index in [4.69, 9.17) is 45.3 Å². The predicted octanol–water partition coefficient (Wildman–Crippen LogP) is 4.30. The van der Waals surface area contributed by atoms with Crippen molar-refractivity contribution in [3.8, 4) is 0 Å². The average Bonchev–Trinajstić information content (AvgIpc) is 2.88. The first-order valence-corrected chi connectivity index (χ1v) is 15.7. The summed E-state index contributed by atoms with van der Waals surface area (Å²) in [6.07, 6.45) is 23.7. The molecule has 0 aromatic rings. The Morgan fingerprint density at radius 1 is 0.216 bits per heavy atom. The van der Waals surface area contributed by atoms with Crippen molar-refractivity contribution in [1.29, 1.82) is 0 Å². The second-order valence-corrected chi connectivity index (χ2v) is 9.57. The van der Waals surface area contributed by atoms with Gasteiger partial charge in [0.2, 0.25) is 0 Å². The summed E-state index contributed by atoms with van der Waals surface area (Å²) in [6, 6.07) is 0. The highest BCUT2D eigenvalue weighted by Gasteiger charge is 1.91. The van der Waals surface area contributed by atoms with Gasteiger partial charge in [-0.1, -0.05) is 96.3 Å². The molecule has 0 aliphatic rings. The van der Waals surface area contributed by atoms with Gasteiger partial charge in [-0.25, -0.2) is 0 Å². The van der Waals surface area contributed by atoms with Crippen LogP contribution < -0.4 is 0 Å². The van der Waals surface area contributed by atoms with Crippen molar-refractivity contribution in [2.24, 2.45) is 0 Å². The summed E-state index contributed by atoms with van der Waals surface area (Å²) >= 11 is 0. The largest absolute Gasteiger partial charge is 0.396 e. The Hall–Kier alpha value is 0.0700. The SMILES string of the molecule is OCCCCCCCCCO.OCCCCCCCCCO.OCCCCCCCCCO.OP(O)O. The molecule has 0 fully saturated rings. The highest BCUT2D eigenvalue weighted by molar-refractivity contribution is 7.38. The van der Waals surface area contributed by atoms with E-state index in [1.54, 1.807) is 0 Å². The second-order valence-electron chi connectivity index (χ2n) is 9.03. The summed E-state index contributed by atoms with van der Waals surface area (Å²) < 4.78 is 0. The van der Waals surface area contributed by atoms with E-state index in [2.05, 4.69) is 0 Å². The number of aliphatic hydroxyl groups is 6. The van der Waals surface area contributed by atoms with E-state index in [1.807, 2.05) is 0 Å². The van der Waals surface area contributed by atoms with Gasteiger partial charge in [0.25, 0.3) is 0 Å². The highest BCUT2D eigenvalue weighted by atomic mass is 31.2. The fourth-order valence-electron chi connectivity index (χ4n) is 3.32. The van der Waals surface area contributed by atoms with Gasteiger partial charge in [-0.2, -0.15) is 0 Å². The van der Waals surface area contributed by atoms with E-state index in [9.17, 15) is 0 Å². The standard InChI is InChI=1S/3C9H20O2.H3O3P/c3*10-8-6-4-2-1-3-5-7-9-11;1-4(2)3/h3*10-11H,1-9H2;1-3H. The average molecular weight is 563 g/mol. The Labute approximate surface area is 228 Å². The molecule has 0 saturated heterocycles. The molecular weight excluding hydrogens is 499 g/mol. The summed E-state index contributed by atoms with van der Waals surface area (Å²) in [4.78, 5) is 21.7. The van der Waals surface area contributed by atoms with Crippen LogP contribution in [0.15, 0.2) is 0 Å². The molecule has 0 saturated carbocycles. The number of hydrogen-bond donors (Lipinski definition) is 9. The lowest BCUT2D eigenvalue weighted by molar-refractivity contribution is 0.277. The van der Waals surface area contributed by atoms with Crippen LogP contribution in [-0.4, -0.2) is 85.0 Å². The molecule has 0 atom stereocenters. The molecule has 0 radical (unpaired) electrons. The van der Waals surface area contributed by atoms with Crippen LogP contribution in [0.1, 0.15) is 135 Å². The normalized spacial score (nSPS) is 10.2. The molecule has 37 heavy (non-hydrogen) atoms. The molecular formula is C27H63O9P. The first-order valence-electron chi connectivity index (χ1n) is 14.5. The zero-order valence-corrected chi connectivity index (χ0v) is 24.5. The van der Waals surface area contributed by atoms with E-state index in [-0.39, 0.29) is 0 Å². The first kappa shape index (κ1) is 44.1. The molecule has 0 aromatic carbocycles. The van der Waals surface area contributed by atoms with E-state index in [1.165, 1.54) is 57.8 Å². The van der Waals surface area contributed by atoms with Crippen molar-refractivity contribution in [2.45, 2.75) is 135 Å². The van der Waals surface area contributed by atoms with Gasteiger partial charge >= 0.3 is 8.60 Å². The Morgan fingerprint density at radius 2 is 0.297 bits per heavy atom. The van der Waals surface area contributed by atoms with E-state index in [0.29, 0.717) is 39.6 Å². The van der Waals surface area contributed by atoms with Crippen molar-refractivity contribution >= 4 is 8.60 Å². The molecule has 0 heterocycles. The van der Waals surface area contributed by atoms with Crippen LogP contribution in [0.3, 0.4) is 0 Å². The minimum absolute atomic E-state index is 0.330. The van der Waals surface area contributed by atoms with Crippen molar-refractivity contribution in [3.05, 3.63) is 0 Å². The second kappa shape index (κ2) is 49.1. The van der Waals surface area contributed by atoms with Gasteiger partial charge in [0, 0.05) is 39.6 Å². The van der Waals surface area contributed by atoms with Gasteiger partial charge in [0.1, 0.15) is 0 Å². The van der Waals surface area contributed by atoms with Crippen LogP contribution >= 0.6 is 8.60 Å². The minimum atomic E-state index is -2.62. The predicted molar refractivity (Wildman–Crippen MR) is 153 cm³/mol. The number of rotatable bonds is 24. The van der Waals surface area contributed by atoms with Gasteiger partial charge in [0.05, 0.1) is 0 Å². The molecule has 0 unspecified atom stereocenters. The van der Waals surface area contributed by atoms with Crippen LogP contribution in [-0.2, 0) is 0 Å². The highest BCUT2D eigenvalue weighted by Crippen LogP contribution is 2.11. The van der Waals surface area contributed by atoms with E-state index < -0.39 is 8.60 Å². The zero-order chi connectivity index (χ0) is 28.7. The number of aliphatic hydroxyl groups excluding tert-OH is 6. The molecule has 9 nitrogen and oxygen atoms in total. The fourth-order valence-corrected chi connectivity index (χ4v) is 3.32. The van der Waals surface area contributed by atoms with E-state index in [0.717, 1.165) is 77.0 Å². The topological polar surface area (TPSA) is 182 Å². The molecule has 0 spiro atoms. The van der Waals surface area contributed by atoms with Crippen LogP contribution in [0.2, 0.25) is 0 Å². The molecule has 0 amide bonds. The fraction of sp³-hybridized carbons (Fsp3) is 1.00. The molecule has 9 N–H and O–H groups in total. The minimum Gasteiger partial charge on any atom is -0.396 e. The summed E-state index contributed by atoms with van der Waals surface area (Å²) in [5, 5.41) is 50.8. The third-order valence-corrected chi connectivity index (χ3v) is 5.45. The van der Waals surface area contributed by atoms with Crippen molar-refractivity contribution in [2.75, 3.05) is 39.6 Å². The molecule has 0 rings (SSSR count). The zero-order valence-electron chi connectivity index (χ0n) is 23.6. The molecule has 0 aliphatic heterocycles. The molecule has 0 bridgehead atoms. The van der Waals surface area contributed by atoms with E-state index >= 15 is 0 Å². The maximum absolute atomic E-state index is 8.47. The maximum atomic E-state index is 8.47. The van der Waals surface area contributed by atoms with Crippen molar-refractivity contribution < 1.29 is 45.3 Å². The maximum Gasteiger partial charge on any atom is 0.324 e. The Balaban J connectivity index is -0.000000205. The Bertz CT molecular complexity index is 259. The summed E-state index contributed by atoms with van der Waals surface area (Å²) in [5.74, 6) is 0. The monoisotopic (exact) mass is 562 g/mol. The lowest BCUT2D eigenvalue weighted by Gasteiger charge is -1.98. The molecule has 0 aromatic heterocycles. The lowest BCUT2D eigenvalue weighted by atomic mass is 10.1. The first-order chi connectivity index (χ1) is 18.0. The molecule has 0 aliphatic carbocycles. The van der Waals surface area contributed by atoms with Crippen molar-refractivity contribution in [3.63, 3.8) is 0 Å². The Morgan fingerprint density at radius 3 is 0.378 bits per heavy atom. The van der Waals surface area contributed by atoms with Crippen LogP contribution in [0.25, 0.3) is 0 Å². The molecule has 10 heteroatoms. The van der Waals surface area contributed by atoms with Gasteiger partial charge in [-0.15, -0.1) is 0 Å². The summed E-state index contributed by atoms with van der Waals surface area (Å²) in [5.41, 5.74) is 0. The molecule has 230 valence electrons. The van der Waals surface area contributed by atoms with Gasteiger partial charge in [-0.3, -0.25) is 0 Å². The quantitative estimate of drug-likeness (QED) is 0.0612. The number of unbranched alkanes of at least 4 members (excludes halogenated alkanes) is 18. The summed E-state index contributed by atoms with van der Waals surface area (Å²) in [7, 11) is -2.62. The third kappa shape index (κ3) is 72.3. The van der Waals surface area contributed by atoms with Crippen LogP contribution in [0, 0.1) is 0 Å². The van der Waals surface area contributed by atoms with Crippen LogP contribution in [0.4, 0.5) is 0 Å². The van der Waals surface area contributed by atoms with Gasteiger partial charge in [0.15, 0.2) is 0 Å². The van der Waals surface area contributed by atoms with Crippen LogP contribution in [0.5, 0.6) is 0 Å².